The predicted molar refractivity (Wildman–Crippen MR) is 93.7 cm³/mol. The molecule has 0 radical (unpaired) electrons. The molecule has 0 aliphatic carbocycles. The Morgan fingerprint density at radius 1 is 0.739 bits per heavy atom. The van der Waals surface area contributed by atoms with E-state index in [-0.39, 0.29) is 5.56 Å². The van der Waals surface area contributed by atoms with Crippen LogP contribution in [-0.2, 0) is 0 Å². The first-order valence-corrected chi connectivity index (χ1v) is 7.47. The van der Waals surface area contributed by atoms with Crippen molar-refractivity contribution in [2.75, 3.05) is 7.11 Å². The molecule has 0 N–H and O–H groups in total. The Morgan fingerprint density at radius 3 is 2.26 bits per heavy atom. The summed E-state index contributed by atoms with van der Waals surface area (Å²) in [6, 6.07) is 23.9. The van der Waals surface area contributed by atoms with Crippen molar-refractivity contribution >= 4 is 21.7 Å². The van der Waals surface area contributed by atoms with Gasteiger partial charge in [0.2, 0.25) is 0 Å². The molecule has 4 aromatic rings. The summed E-state index contributed by atoms with van der Waals surface area (Å²) in [6.45, 7) is 0. The number of aromatic nitrogens is 1. The summed E-state index contributed by atoms with van der Waals surface area (Å²) in [5, 5.41) is 2.60. The number of hydrogen-bond acceptors (Lipinski definition) is 2. The molecule has 0 fully saturated rings. The first kappa shape index (κ1) is 13.6. The lowest BCUT2D eigenvalue weighted by Gasteiger charge is -2.12. The molecule has 0 unspecified atom stereocenters. The number of benzene rings is 3. The van der Waals surface area contributed by atoms with Crippen molar-refractivity contribution in [1.82, 2.24) is 4.73 Å². The molecule has 1 heterocycles. The van der Waals surface area contributed by atoms with Crippen LogP contribution in [0.25, 0.3) is 32.8 Å². The Balaban J connectivity index is 2.13. The predicted octanol–water partition coefficient (Wildman–Crippen LogP) is 3.88. The van der Waals surface area contributed by atoms with Gasteiger partial charge in [0.25, 0.3) is 5.56 Å². The van der Waals surface area contributed by atoms with E-state index in [2.05, 4.69) is 18.2 Å². The highest BCUT2D eigenvalue weighted by Crippen LogP contribution is 2.27. The maximum atomic E-state index is 12.7. The van der Waals surface area contributed by atoms with E-state index in [0.717, 1.165) is 27.4 Å². The third-order valence-corrected chi connectivity index (χ3v) is 4.14. The van der Waals surface area contributed by atoms with Crippen LogP contribution in [0.2, 0.25) is 0 Å². The van der Waals surface area contributed by atoms with Crippen LogP contribution in [0.1, 0.15) is 0 Å². The first-order chi connectivity index (χ1) is 11.3. The van der Waals surface area contributed by atoms with E-state index in [1.165, 1.54) is 11.8 Å². The molecule has 1 aromatic heterocycles. The summed E-state index contributed by atoms with van der Waals surface area (Å²) in [4.78, 5) is 17.9. The van der Waals surface area contributed by atoms with Crippen molar-refractivity contribution in [2.24, 2.45) is 0 Å². The lowest BCUT2D eigenvalue weighted by Crippen LogP contribution is -2.25. The number of hydrogen-bond donors (Lipinski definition) is 0. The lowest BCUT2D eigenvalue weighted by atomic mass is 9.99. The maximum absolute atomic E-state index is 12.7. The Bertz CT molecular complexity index is 1070. The molecule has 0 saturated carbocycles. The molecule has 0 aliphatic rings. The Kier molecular flexibility index (Phi) is 3.12. The van der Waals surface area contributed by atoms with Crippen molar-refractivity contribution in [1.29, 1.82) is 0 Å². The summed E-state index contributed by atoms with van der Waals surface area (Å²) in [5.41, 5.74) is 2.87. The summed E-state index contributed by atoms with van der Waals surface area (Å²) in [6.07, 6.45) is 0. The highest BCUT2D eigenvalue weighted by molar-refractivity contribution is 6.06. The van der Waals surface area contributed by atoms with Gasteiger partial charge in [-0.2, -0.15) is 0 Å². The summed E-state index contributed by atoms with van der Waals surface area (Å²) in [7, 11) is 1.51. The molecule has 0 bridgehead atoms. The standard InChI is InChI=1S/C20H15NO2/c1-23-21-19-10-6-5-9-16(19)18-13-15(11-12-17(18)20(21)22)14-7-3-2-4-8-14/h2-13H,1H3. The minimum Gasteiger partial charge on any atom is -0.413 e. The van der Waals surface area contributed by atoms with Gasteiger partial charge in [-0.1, -0.05) is 54.6 Å². The van der Waals surface area contributed by atoms with E-state index in [1.54, 1.807) is 0 Å². The van der Waals surface area contributed by atoms with Crippen LogP contribution in [0, 0.1) is 0 Å². The van der Waals surface area contributed by atoms with Gasteiger partial charge in [-0.3, -0.25) is 4.79 Å². The summed E-state index contributed by atoms with van der Waals surface area (Å²) < 4.78 is 1.35. The van der Waals surface area contributed by atoms with E-state index >= 15 is 0 Å². The fourth-order valence-electron chi connectivity index (χ4n) is 3.04. The van der Waals surface area contributed by atoms with Gasteiger partial charge in [0.15, 0.2) is 0 Å². The Morgan fingerprint density at radius 2 is 1.48 bits per heavy atom. The van der Waals surface area contributed by atoms with Crippen molar-refractivity contribution in [3.8, 4) is 11.1 Å². The van der Waals surface area contributed by atoms with Gasteiger partial charge < -0.3 is 4.84 Å². The molecule has 0 saturated heterocycles. The van der Waals surface area contributed by atoms with Gasteiger partial charge in [0, 0.05) is 5.39 Å². The first-order valence-electron chi connectivity index (χ1n) is 7.47. The highest BCUT2D eigenvalue weighted by Gasteiger charge is 2.11. The molecular formula is C20H15NO2. The number of para-hydroxylation sites is 1. The van der Waals surface area contributed by atoms with Crippen molar-refractivity contribution in [3.63, 3.8) is 0 Å². The van der Waals surface area contributed by atoms with Crippen LogP contribution < -0.4 is 10.4 Å². The highest BCUT2D eigenvalue weighted by atomic mass is 16.6. The van der Waals surface area contributed by atoms with Crippen molar-refractivity contribution < 1.29 is 4.84 Å². The van der Waals surface area contributed by atoms with Crippen LogP contribution >= 0.6 is 0 Å². The van der Waals surface area contributed by atoms with Gasteiger partial charge in [-0.05, 0) is 34.7 Å². The molecule has 23 heavy (non-hydrogen) atoms. The van der Waals surface area contributed by atoms with Gasteiger partial charge in [-0.25, -0.2) is 0 Å². The molecule has 0 aliphatic heterocycles. The molecule has 0 amide bonds. The second-order valence-electron chi connectivity index (χ2n) is 5.43. The van der Waals surface area contributed by atoms with Crippen molar-refractivity contribution in [3.05, 3.63) is 83.2 Å². The zero-order valence-electron chi connectivity index (χ0n) is 12.7. The van der Waals surface area contributed by atoms with Crippen LogP contribution in [0.3, 0.4) is 0 Å². The third kappa shape index (κ3) is 2.09. The fourth-order valence-corrected chi connectivity index (χ4v) is 3.04. The Labute approximate surface area is 133 Å². The van der Waals surface area contributed by atoms with E-state index in [0.29, 0.717) is 5.39 Å². The number of nitrogens with zero attached hydrogens (tertiary/aromatic N) is 1. The fraction of sp³-hybridized carbons (Fsp3) is 0.0500. The smallest absolute Gasteiger partial charge is 0.291 e. The summed E-state index contributed by atoms with van der Waals surface area (Å²) >= 11 is 0. The van der Waals surface area contributed by atoms with E-state index < -0.39 is 0 Å². The van der Waals surface area contributed by atoms with Gasteiger partial charge in [0.1, 0.15) is 7.11 Å². The van der Waals surface area contributed by atoms with E-state index in [9.17, 15) is 4.79 Å². The topological polar surface area (TPSA) is 31.2 Å². The molecule has 0 spiro atoms. The molecule has 3 aromatic carbocycles. The molecule has 3 heteroatoms. The monoisotopic (exact) mass is 301 g/mol. The zero-order valence-corrected chi connectivity index (χ0v) is 12.7. The molecule has 4 rings (SSSR count). The number of pyridine rings is 1. The SMILES string of the molecule is COn1c(=O)c2ccc(-c3ccccc3)cc2c2ccccc21. The second kappa shape index (κ2) is 5.29. The normalized spacial score (nSPS) is 11.0. The summed E-state index contributed by atoms with van der Waals surface area (Å²) in [5.74, 6) is 0. The van der Waals surface area contributed by atoms with Crippen LogP contribution in [0.5, 0.6) is 0 Å². The minimum absolute atomic E-state index is 0.138. The molecule has 3 nitrogen and oxygen atoms in total. The molecular weight excluding hydrogens is 286 g/mol. The van der Waals surface area contributed by atoms with E-state index in [1.807, 2.05) is 54.6 Å². The van der Waals surface area contributed by atoms with Gasteiger partial charge in [-0.15, -0.1) is 4.73 Å². The van der Waals surface area contributed by atoms with Gasteiger partial charge >= 0.3 is 0 Å². The van der Waals surface area contributed by atoms with Crippen LogP contribution in [-0.4, -0.2) is 11.8 Å². The molecule has 0 atom stereocenters. The van der Waals surface area contributed by atoms with Gasteiger partial charge in [0.05, 0.1) is 10.9 Å². The second-order valence-corrected chi connectivity index (χ2v) is 5.43. The quantitative estimate of drug-likeness (QED) is 0.526. The maximum Gasteiger partial charge on any atom is 0.291 e. The average molecular weight is 301 g/mol. The van der Waals surface area contributed by atoms with Crippen LogP contribution in [0.15, 0.2) is 77.6 Å². The molecule has 112 valence electrons. The average Bonchev–Trinajstić information content (AvgIpc) is 2.63. The van der Waals surface area contributed by atoms with Crippen LogP contribution in [0.4, 0.5) is 0 Å². The van der Waals surface area contributed by atoms with E-state index in [4.69, 9.17) is 4.84 Å². The third-order valence-electron chi connectivity index (χ3n) is 4.14. The Hall–Kier alpha value is -3.07. The lowest BCUT2D eigenvalue weighted by molar-refractivity contribution is 0.170. The number of fused-ring (bicyclic) bond motifs is 3. The number of rotatable bonds is 2. The minimum atomic E-state index is -0.138. The van der Waals surface area contributed by atoms with Crippen molar-refractivity contribution in [2.45, 2.75) is 0 Å². The largest absolute Gasteiger partial charge is 0.413 e. The zero-order chi connectivity index (χ0) is 15.8.